The lowest BCUT2D eigenvalue weighted by atomic mass is 9.70. The second-order valence-electron chi connectivity index (χ2n) is 15.8. The van der Waals surface area contributed by atoms with Gasteiger partial charge in [0, 0.05) is 11.8 Å². The number of hydrogen-bond acceptors (Lipinski definition) is 0. The predicted molar refractivity (Wildman–Crippen MR) is 239 cm³/mol. The Hall–Kier alpha value is -6.76. The average Bonchev–Trinajstić information content (AvgIpc) is 3.27. The molecule has 0 N–H and O–H groups in total. The monoisotopic (exact) mass is 710 g/mol. The van der Waals surface area contributed by atoms with Crippen LogP contribution in [0.25, 0.3) is 89.1 Å². The van der Waals surface area contributed by atoms with Gasteiger partial charge in [0.15, 0.2) is 0 Å². The zero-order valence-corrected chi connectivity index (χ0v) is 31.0. The van der Waals surface area contributed by atoms with Crippen molar-refractivity contribution in [2.45, 2.75) is 18.8 Å². The first-order valence-electron chi connectivity index (χ1n) is 20.1. The van der Waals surface area contributed by atoms with Gasteiger partial charge < -0.3 is 0 Å². The molecule has 9 aromatic carbocycles. The highest BCUT2D eigenvalue weighted by molar-refractivity contribution is 6.30. The van der Waals surface area contributed by atoms with Crippen LogP contribution in [0.1, 0.15) is 40.2 Å². The molecular weight excluding hydrogens is 673 g/mol. The summed E-state index contributed by atoms with van der Waals surface area (Å²) in [5, 5.41) is 13.2. The topological polar surface area (TPSA) is 0 Å². The predicted octanol–water partition coefficient (Wildman–Crippen LogP) is 13.0. The minimum atomic E-state index is 0.225. The fraction of sp³-hybridized carbons (Fsp3) is 0.0714. The maximum atomic E-state index is 2.55. The summed E-state index contributed by atoms with van der Waals surface area (Å²) in [6, 6.07) is 61.6. The van der Waals surface area contributed by atoms with Crippen molar-refractivity contribution in [3.63, 3.8) is 0 Å². The van der Waals surface area contributed by atoms with E-state index in [9.17, 15) is 0 Å². The SMILES string of the molecule is C1=Cc2c(ccc3c2=C2c4ccccc4C=CC2C(c2cccc(-c4cccc(-c5cc6ccc7ccccc7c6c6c5ccc5ccccc56)c4)c2)C=3)CC1. The molecule has 0 fully saturated rings. The van der Waals surface area contributed by atoms with Crippen molar-refractivity contribution in [2.75, 3.05) is 0 Å². The molecule has 0 aliphatic heterocycles. The van der Waals surface area contributed by atoms with Crippen LogP contribution in [0.3, 0.4) is 0 Å². The maximum Gasteiger partial charge on any atom is 0.0138 e. The molecule has 0 bridgehead atoms. The molecule has 9 aromatic rings. The fourth-order valence-electron chi connectivity index (χ4n) is 10.3. The molecule has 0 saturated carbocycles. The first-order chi connectivity index (χ1) is 27.8. The van der Waals surface area contributed by atoms with E-state index in [1.807, 2.05) is 0 Å². The molecular formula is C56H38. The Morgan fingerprint density at radius 1 is 0.464 bits per heavy atom. The summed E-state index contributed by atoms with van der Waals surface area (Å²) in [4.78, 5) is 0. The maximum absolute atomic E-state index is 2.55. The van der Waals surface area contributed by atoms with Crippen LogP contribution in [-0.2, 0) is 6.42 Å². The summed E-state index contributed by atoms with van der Waals surface area (Å²) in [6.07, 6.45) is 14.3. The Balaban J connectivity index is 1.02. The van der Waals surface area contributed by atoms with Crippen LogP contribution in [0.15, 0.2) is 176 Å². The van der Waals surface area contributed by atoms with Crippen LogP contribution in [0.2, 0.25) is 0 Å². The molecule has 0 saturated heterocycles. The molecule has 0 nitrogen and oxygen atoms in total. The Labute approximate surface area is 326 Å². The van der Waals surface area contributed by atoms with Gasteiger partial charge in [0.2, 0.25) is 0 Å². The van der Waals surface area contributed by atoms with E-state index in [0.717, 1.165) is 12.8 Å². The number of allylic oxidation sites excluding steroid dienone is 2. The second kappa shape index (κ2) is 12.4. The molecule has 3 aliphatic rings. The normalized spacial score (nSPS) is 16.8. The molecule has 0 spiro atoms. The molecule has 0 aromatic heterocycles. The van der Waals surface area contributed by atoms with E-state index in [0.29, 0.717) is 0 Å². The summed E-state index contributed by atoms with van der Waals surface area (Å²) < 4.78 is 0. The van der Waals surface area contributed by atoms with E-state index in [1.54, 1.807) is 0 Å². The van der Waals surface area contributed by atoms with Gasteiger partial charge in [-0.1, -0.05) is 182 Å². The quantitative estimate of drug-likeness (QED) is 0.160. The molecule has 0 radical (unpaired) electrons. The third-order valence-electron chi connectivity index (χ3n) is 12.8. The van der Waals surface area contributed by atoms with Crippen LogP contribution >= 0.6 is 0 Å². The lowest BCUT2D eigenvalue weighted by Crippen LogP contribution is -2.39. The number of aryl methyl sites for hydroxylation is 1. The van der Waals surface area contributed by atoms with Crippen LogP contribution < -0.4 is 10.4 Å². The number of benzene rings is 9. The Morgan fingerprint density at radius 2 is 1.20 bits per heavy atom. The van der Waals surface area contributed by atoms with Crippen molar-refractivity contribution in [1.82, 2.24) is 0 Å². The van der Waals surface area contributed by atoms with Crippen molar-refractivity contribution in [3.8, 4) is 22.3 Å². The molecule has 3 aliphatic carbocycles. The highest BCUT2D eigenvalue weighted by Crippen LogP contribution is 2.45. The van der Waals surface area contributed by atoms with E-state index in [1.165, 1.54) is 109 Å². The smallest absolute Gasteiger partial charge is 0.0138 e. The van der Waals surface area contributed by atoms with Crippen molar-refractivity contribution >= 4 is 66.9 Å². The van der Waals surface area contributed by atoms with Gasteiger partial charge in [-0.25, -0.2) is 0 Å². The van der Waals surface area contributed by atoms with Crippen LogP contribution in [-0.4, -0.2) is 0 Å². The second-order valence-corrected chi connectivity index (χ2v) is 15.8. The Kier molecular flexibility index (Phi) is 6.98. The van der Waals surface area contributed by atoms with Crippen molar-refractivity contribution in [2.24, 2.45) is 5.92 Å². The minimum absolute atomic E-state index is 0.225. The third kappa shape index (κ3) is 4.79. The summed E-state index contributed by atoms with van der Waals surface area (Å²) in [5.74, 6) is 0.485. The van der Waals surface area contributed by atoms with Gasteiger partial charge in [-0.05, 0) is 134 Å². The first kappa shape index (κ1) is 31.6. The molecule has 0 amide bonds. The lowest BCUT2D eigenvalue weighted by molar-refractivity contribution is 0.740. The molecule has 262 valence electrons. The highest BCUT2D eigenvalue weighted by Gasteiger charge is 2.32. The van der Waals surface area contributed by atoms with Crippen molar-refractivity contribution in [3.05, 3.63) is 214 Å². The molecule has 0 heteroatoms. The van der Waals surface area contributed by atoms with Crippen LogP contribution in [0.4, 0.5) is 0 Å². The summed E-state index contributed by atoms with van der Waals surface area (Å²) >= 11 is 0. The largest absolute Gasteiger partial charge is 0.0836 e. The van der Waals surface area contributed by atoms with Gasteiger partial charge in [0.25, 0.3) is 0 Å². The van der Waals surface area contributed by atoms with Gasteiger partial charge in [-0.2, -0.15) is 0 Å². The molecule has 2 atom stereocenters. The van der Waals surface area contributed by atoms with Crippen LogP contribution in [0.5, 0.6) is 0 Å². The zero-order valence-electron chi connectivity index (χ0n) is 31.0. The summed E-state index contributed by atoms with van der Waals surface area (Å²) in [7, 11) is 0. The van der Waals surface area contributed by atoms with Gasteiger partial charge in [0.05, 0.1) is 0 Å². The van der Waals surface area contributed by atoms with Crippen LogP contribution in [0, 0.1) is 5.92 Å². The number of fused-ring (bicyclic) bond motifs is 13. The molecule has 12 rings (SSSR count). The van der Waals surface area contributed by atoms with E-state index >= 15 is 0 Å². The van der Waals surface area contributed by atoms with E-state index in [4.69, 9.17) is 0 Å². The Morgan fingerprint density at radius 3 is 2.09 bits per heavy atom. The first-order valence-corrected chi connectivity index (χ1v) is 20.1. The summed E-state index contributed by atoms with van der Waals surface area (Å²) in [6.45, 7) is 0. The van der Waals surface area contributed by atoms with Gasteiger partial charge in [0.1, 0.15) is 0 Å². The zero-order chi connectivity index (χ0) is 36.7. The molecule has 0 heterocycles. The lowest BCUT2D eigenvalue weighted by Gasteiger charge is -2.33. The van der Waals surface area contributed by atoms with E-state index in [2.05, 4.69) is 194 Å². The average molecular weight is 711 g/mol. The number of hydrogen-bond donors (Lipinski definition) is 0. The molecule has 56 heavy (non-hydrogen) atoms. The van der Waals surface area contributed by atoms with Gasteiger partial charge >= 0.3 is 0 Å². The molecule has 2 unspecified atom stereocenters. The Bertz CT molecular complexity index is 3320. The fourth-order valence-corrected chi connectivity index (χ4v) is 10.3. The minimum Gasteiger partial charge on any atom is -0.0836 e. The highest BCUT2D eigenvalue weighted by atomic mass is 14.3. The van der Waals surface area contributed by atoms with Crippen molar-refractivity contribution in [1.29, 1.82) is 0 Å². The van der Waals surface area contributed by atoms with Gasteiger partial charge in [-0.15, -0.1) is 0 Å². The van der Waals surface area contributed by atoms with E-state index in [-0.39, 0.29) is 11.8 Å². The third-order valence-corrected chi connectivity index (χ3v) is 12.8. The standard InChI is InChI=1S/C56H38/c1-5-19-45-35(11-1)23-25-43-33-51(49-29-27-37-13-3-7-21-47(37)55(49)53(43)45)41-17-9-15-39(31-41)40-16-10-18-42(32-40)52-34-44-26-24-36-12-2-6-20-46(36)54(44)56-48-22-8-4-14-38(48)28-30-50(52)56/h1,3-11,13-34,50,52H,2,12H2. The summed E-state index contributed by atoms with van der Waals surface area (Å²) in [5.41, 5.74) is 13.4. The van der Waals surface area contributed by atoms with Crippen molar-refractivity contribution < 1.29 is 0 Å². The number of rotatable bonds is 3. The van der Waals surface area contributed by atoms with E-state index < -0.39 is 0 Å². The van der Waals surface area contributed by atoms with Gasteiger partial charge in [-0.3, -0.25) is 0 Å².